The lowest BCUT2D eigenvalue weighted by Crippen LogP contribution is -2.43. The SMILES string of the molecule is Cc1noc(C)c1CCC(=O)NCCN1CCC(NS(C)(=O)=O)C1=O. The summed E-state index contributed by atoms with van der Waals surface area (Å²) < 4.78 is 29.8. The average Bonchev–Trinajstić information content (AvgIpc) is 3.00. The molecule has 1 aromatic heterocycles. The van der Waals surface area contributed by atoms with Gasteiger partial charge in [-0.1, -0.05) is 5.16 Å². The molecule has 1 aliphatic rings. The summed E-state index contributed by atoms with van der Waals surface area (Å²) in [7, 11) is -3.41. The third kappa shape index (κ3) is 5.53. The van der Waals surface area contributed by atoms with Gasteiger partial charge in [0.1, 0.15) is 11.8 Å². The molecule has 1 saturated heterocycles. The fourth-order valence-corrected chi connectivity index (χ4v) is 3.58. The summed E-state index contributed by atoms with van der Waals surface area (Å²) in [5.41, 5.74) is 1.73. The van der Waals surface area contributed by atoms with E-state index >= 15 is 0 Å². The quantitative estimate of drug-likeness (QED) is 0.634. The molecule has 140 valence electrons. The van der Waals surface area contributed by atoms with Gasteiger partial charge >= 0.3 is 0 Å². The van der Waals surface area contributed by atoms with Crippen molar-refractivity contribution in [2.45, 2.75) is 39.2 Å². The van der Waals surface area contributed by atoms with Crippen LogP contribution in [0.15, 0.2) is 4.52 Å². The largest absolute Gasteiger partial charge is 0.361 e. The monoisotopic (exact) mass is 372 g/mol. The Hall–Kier alpha value is -1.94. The minimum atomic E-state index is -3.41. The van der Waals surface area contributed by atoms with Crippen molar-refractivity contribution in [3.8, 4) is 0 Å². The Kier molecular flexibility index (Phi) is 6.17. The van der Waals surface area contributed by atoms with Crippen molar-refractivity contribution in [3.05, 3.63) is 17.0 Å². The summed E-state index contributed by atoms with van der Waals surface area (Å²) in [4.78, 5) is 25.5. The standard InChI is InChI=1S/C15H24N4O5S/c1-10-12(11(2)24-17-10)4-5-14(20)16-7-9-19-8-6-13(15(19)21)18-25(3,22)23/h13,18H,4-9H2,1-3H3,(H,16,20). The van der Waals surface area contributed by atoms with Crippen LogP contribution in [0, 0.1) is 13.8 Å². The number of sulfonamides is 1. The van der Waals surface area contributed by atoms with Gasteiger partial charge in [-0.3, -0.25) is 9.59 Å². The van der Waals surface area contributed by atoms with Gasteiger partial charge in [0.25, 0.3) is 0 Å². The van der Waals surface area contributed by atoms with Crippen molar-refractivity contribution in [2.24, 2.45) is 0 Å². The van der Waals surface area contributed by atoms with Gasteiger partial charge in [-0.25, -0.2) is 13.1 Å². The van der Waals surface area contributed by atoms with Crippen LogP contribution in [-0.4, -0.2) is 62.2 Å². The molecule has 9 nitrogen and oxygen atoms in total. The van der Waals surface area contributed by atoms with E-state index in [-0.39, 0.29) is 11.8 Å². The molecule has 1 aliphatic heterocycles. The van der Waals surface area contributed by atoms with Crippen molar-refractivity contribution in [1.82, 2.24) is 20.1 Å². The molecule has 1 aromatic rings. The molecule has 1 atom stereocenters. The highest BCUT2D eigenvalue weighted by molar-refractivity contribution is 7.88. The Morgan fingerprint density at radius 3 is 2.72 bits per heavy atom. The zero-order chi connectivity index (χ0) is 18.6. The molecule has 2 amide bonds. The third-order valence-corrected chi connectivity index (χ3v) is 4.85. The highest BCUT2D eigenvalue weighted by Crippen LogP contribution is 2.14. The molecule has 0 saturated carbocycles. The van der Waals surface area contributed by atoms with Gasteiger partial charge in [-0.05, 0) is 26.7 Å². The fourth-order valence-electron chi connectivity index (χ4n) is 2.84. The van der Waals surface area contributed by atoms with Gasteiger partial charge < -0.3 is 14.7 Å². The van der Waals surface area contributed by atoms with E-state index < -0.39 is 16.1 Å². The van der Waals surface area contributed by atoms with E-state index in [9.17, 15) is 18.0 Å². The second kappa shape index (κ2) is 7.96. The van der Waals surface area contributed by atoms with Crippen LogP contribution < -0.4 is 10.0 Å². The first kappa shape index (κ1) is 19.4. The Morgan fingerprint density at radius 1 is 1.40 bits per heavy atom. The third-order valence-electron chi connectivity index (χ3n) is 4.14. The Balaban J connectivity index is 1.70. The van der Waals surface area contributed by atoms with Crippen molar-refractivity contribution in [3.63, 3.8) is 0 Å². The summed E-state index contributed by atoms with van der Waals surface area (Å²) in [5.74, 6) is 0.352. The summed E-state index contributed by atoms with van der Waals surface area (Å²) in [5, 5.41) is 6.62. The molecule has 0 aromatic carbocycles. The number of rotatable bonds is 8. The first-order valence-corrected chi connectivity index (χ1v) is 10.0. The van der Waals surface area contributed by atoms with Crippen LogP contribution in [0.1, 0.15) is 29.9 Å². The zero-order valence-corrected chi connectivity index (χ0v) is 15.5. The Morgan fingerprint density at radius 2 is 2.12 bits per heavy atom. The molecule has 2 heterocycles. The van der Waals surface area contributed by atoms with Crippen molar-refractivity contribution in [2.75, 3.05) is 25.9 Å². The Labute approximate surface area is 147 Å². The topological polar surface area (TPSA) is 122 Å². The summed E-state index contributed by atoms with van der Waals surface area (Å²) in [6.07, 6.45) is 2.33. The number of carbonyl (C=O) groups excluding carboxylic acids is 2. The fraction of sp³-hybridized carbons (Fsp3) is 0.667. The number of aryl methyl sites for hydroxylation is 2. The van der Waals surface area contributed by atoms with Crippen LogP contribution in [0.5, 0.6) is 0 Å². The molecule has 1 fully saturated rings. The zero-order valence-electron chi connectivity index (χ0n) is 14.7. The van der Waals surface area contributed by atoms with E-state index in [1.54, 1.807) is 4.90 Å². The van der Waals surface area contributed by atoms with E-state index in [2.05, 4.69) is 15.2 Å². The van der Waals surface area contributed by atoms with Gasteiger partial charge in [-0.2, -0.15) is 0 Å². The number of carbonyl (C=O) groups is 2. The molecular formula is C15H24N4O5S. The second-order valence-corrected chi connectivity index (χ2v) is 7.99. The van der Waals surface area contributed by atoms with Gasteiger partial charge in [0.15, 0.2) is 0 Å². The maximum absolute atomic E-state index is 12.1. The van der Waals surface area contributed by atoms with Crippen molar-refractivity contribution >= 4 is 21.8 Å². The van der Waals surface area contributed by atoms with Crippen molar-refractivity contribution in [1.29, 1.82) is 0 Å². The lowest BCUT2D eigenvalue weighted by Gasteiger charge is -2.17. The minimum absolute atomic E-state index is 0.113. The highest BCUT2D eigenvalue weighted by Gasteiger charge is 2.33. The summed E-state index contributed by atoms with van der Waals surface area (Å²) in [6, 6.07) is -0.703. The number of nitrogens with one attached hydrogen (secondary N) is 2. The smallest absolute Gasteiger partial charge is 0.240 e. The molecule has 1 unspecified atom stereocenters. The first-order valence-electron chi connectivity index (χ1n) is 8.12. The number of aromatic nitrogens is 1. The Bertz CT molecular complexity index is 724. The van der Waals surface area contributed by atoms with Crippen LogP contribution in [0.4, 0.5) is 0 Å². The van der Waals surface area contributed by atoms with Crippen LogP contribution in [-0.2, 0) is 26.0 Å². The molecule has 2 rings (SSSR count). The lowest BCUT2D eigenvalue weighted by molar-refractivity contribution is -0.129. The van der Waals surface area contributed by atoms with Gasteiger partial charge in [-0.15, -0.1) is 0 Å². The van der Waals surface area contributed by atoms with Crippen LogP contribution in [0.3, 0.4) is 0 Å². The molecule has 0 spiro atoms. The predicted octanol–water partition coefficient (Wildman–Crippen LogP) is -0.510. The van der Waals surface area contributed by atoms with E-state index in [1.165, 1.54) is 0 Å². The molecule has 2 N–H and O–H groups in total. The number of likely N-dealkylation sites (tertiary alicyclic amines) is 1. The normalized spacial score (nSPS) is 18.0. The molecular weight excluding hydrogens is 348 g/mol. The van der Waals surface area contributed by atoms with Crippen molar-refractivity contribution < 1.29 is 22.5 Å². The van der Waals surface area contributed by atoms with E-state index in [1.807, 2.05) is 13.8 Å². The average molecular weight is 372 g/mol. The minimum Gasteiger partial charge on any atom is -0.361 e. The maximum atomic E-state index is 12.1. The molecule has 25 heavy (non-hydrogen) atoms. The molecule has 0 bridgehead atoms. The van der Waals surface area contributed by atoms with E-state index in [0.29, 0.717) is 38.9 Å². The maximum Gasteiger partial charge on any atom is 0.240 e. The van der Waals surface area contributed by atoms with Gasteiger partial charge in [0.05, 0.1) is 11.9 Å². The van der Waals surface area contributed by atoms with E-state index in [4.69, 9.17) is 4.52 Å². The van der Waals surface area contributed by atoms with Crippen LogP contribution in [0.2, 0.25) is 0 Å². The lowest BCUT2D eigenvalue weighted by atomic mass is 10.1. The molecule has 0 aliphatic carbocycles. The summed E-state index contributed by atoms with van der Waals surface area (Å²) >= 11 is 0. The summed E-state index contributed by atoms with van der Waals surface area (Å²) in [6.45, 7) is 4.81. The van der Waals surface area contributed by atoms with Gasteiger partial charge in [0, 0.05) is 31.6 Å². The molecule has 10 heteroatoms. The second-order valence-electron chi connectivity index (χ2n) is 6.21. The van der Waals surface area contributed by atoms with Crippen LogP contribution >= 0.6 is 0 Å². The van der Waals surface area contributed by atoms with Gasteiger partial charge in [0.2, 0.25) is 21.8 Å². The van der Waals surface area contributed by atoms with Crippen LogP contribution in [0.25, 0.3) is 0 Å². The van der Waals surface area contributed by atoms with E-state index in [0.717, 1.165) is 23.3 Å². The molecule has 0 radical (unpaired) electrons. The first-order chi connectivity index (χ1) is 11.7. The number of nitrogens with zero attached hydrogens (tertiary/aromatic N) is 2. The number of hydrogen-bond donors (Lipinski definition) is 2. The predicted molar refractivity (Wildman–Crippen MR) is 90.3 cm³/mol. The highest BCUT2D eigenvalue weighted by atomic mass is 32.2. The number of hydrogen-bond acceptors (Lipinski definition) is 6. The number of amides is 2.